The zero-order valence-electron chi connectivity index (χ0n) is 14.3. The molecule has 2 atom stereocenters. The van der Waals surface area contributed by atoms with Crippen LogP contribution in [-0.4, -0.2) is 29.4 Å². The number of hydrogen-bond acceptors (Lipinski definition) is 4. The van der Waals surface area contributed by atoms with Crippen molar-refractivity contribution in [1.82, 2.24) is 5.06 Å². The minimum Gasteiger partial charge on any atom is -0.469 e. The number of carbonyl (C=O) groups excluding carboxylic acids is 1. The summed E-state index contributed by atoms with van der Waals surface area (Å²) in [6, 6.07) is 9.98. The van der Waals surface area contributed by atoms with E-state index in [0.29, 0.717) is 18.9 Å². The van der Waals surface area contributed by atoms with Gasteiger partial charge in [0.25, 0.3) is 0 Å². The Morgan fingerprint density at radius 1 is 1.26 bits per heavy atom. The maximum Gasteiger partial charge on any atom is 0.308 e. The van der Waals surface area contributed by atoms with Crippen LogP contribution in [0, 0.1) is 11.8 Å². The summed E-state index contributed by atoms with van der Waals surface area (Å²) in [7, 11) is 1.43. The molecule has 128 valence electrons. The van der Waals surface area contributed by atoms with Gasteiger partial charge in [-0.05, 0) is 30.7 Å². The fraction of sp³-hybridized carbons (Fsp3) is 0.632. The van der Waals surface area contributed by atoms with E-state index in [4.69, 9.17) is 4.74 Å². The summed E-state index contributed by atoms with van der Waals surface area (Å²) in [6.45, 7) is 2.38. The van der Waals surface area contributed by atoms with Gasteiger partial charge in [-0.1, -0.05) is 56.5 Å². The fourth-order valence-electron chi connectivity index (χ4n) is 3.62. The highest BCUT2D eigenvalue weighted by Crippen LogP contribution is 2.32. The van der Waals surface area contributed by atoms with Gasteiger partial charge in [0.1, 0.15) is 0 Å². The normalized spacial score (nSPS) is 18.6. The van der Waals surface area contributed by atoms with Crippen molar-refractivity contribution in [2.24, 2.45) is 11.8 Å². The fourth-order valence-corrected chi connectivity index (χ4v) is 3.62. The number of rotatable bonds is 7. The van der Waals surface area contributed by atoms with Gasteiger partial charge in [0, 0.05) is 12.6 Å². The topological polar surface area (TPSA) is 49.8 Å². The monoisotopic (exact) mass is 319 g/mol. The average Bonchev–Trinajstić information content (AvgIpc) is 2.60. The Balaban J connectivity index is 2.06. The molecular formula is C19H29NO3. The molecule has 1 aromatic carbocycles. The van der Waals surface area contributed by atoms with Crippen LogP contribution in [0.25, 0.3) is 0 Å². The molecule has 0 radical (unpaired) electrons. The number of benzene rings is 1. The van der Waals surface area contributed by atoms with Crippen LogP contribution in [0.1, 0.15) is 51.0 Å². The highest BCUT2D eigenvalue weighted by molar-refractivity contribution is 5.71. The van der Waals surface area contributed by atoms with Crippen LogP contribution in [0.5, 0.6) is 0 Å². The largest absolute Gasteiger partial charge is 0.469 e. The molecule has 1 N–H and O–H groups in total. The van der Waals surface area contributed by atoms with Gasteiger partial charge < -0.3 is 9.94 Å². The lowest BCUT2D eigenvalue weighted by Crippen LogP contribution is -2.41. The Morgan fingerprint density at radius 2 is 1.91 bits per heavy atom. The molecule has 2 rings (SSSR count). The Kier molecular flexibility index (Phi) is 7.06. The molecule has 0 bridgehead atoms. The minimum atomic E-state index is -0.197. The lowest BCUT2D eigenvalue weighted by Gasteiger charge is -2.36. The Morgan fingerprint density at radius 3 is 2.52 bits per heavy atom. The molecule has 1 saturated carbocycles. The third kappa shape index (κ3) is 5.33. The number of esters is 1. The van der Waals surface area contributed by atoms with Gasteiger partial charge in [-0.2, -0.15) is 5.06 Å². The number of nitrogens with zero attached hydrogens (tertiary/aromatic N) is 1. The first-order chi connectivity index (χ1) is 11.1. The Labute approximate surface area is 139 Å². The van der Waals surface area contributed by atoms with Crippen LogP contribution < -0.4 is 0 Å². The molecule has 23 heavy (non-hydrogen) atoms. The van der Waals surface area contributed by atoms with Crippen molar-refractivity contribution in [1.29, 1.82) is 0 Å². The van der Waals surface area contributed by atoms with Crippen LogP contribution in [0.3, 0.4) is 0 Å². The summed E-state index contributed by atoms with van der Waals surface area (Å²) in [5, 5.41) is 12.1. The van der Waals surface area contributed by atoms with E-state index in [1.165, 1.54) is 31.4 Å². The number of carbonyl (C=O) groups is 1. The van der Waals surface area contributed by atoms with Gasteiger partial charge >= 0.3 is 5.97 Å². The third-order valence-electron chi connectivity index (χ3n) is 4.96. The molecule has 0 heterocycles. The second-order valence-corrected chi connectivity index (χ2v) is 6.71. The molecule has 0 aromatic heterocycles. The van der Waals surface area contributed by atoms with E-state index in [0.717, 1.165) is 18.4 Å². The van der Waals surface area contributed by atoms with Crippen molar-refractivity contribution in [3.8, 4) is 0 Å². The van der Waals surface area contributed by atoms with Gasteiger partial charge in [-0.3, -0.25) is 4.79 Å². The number of hydrogen-bond donors (Lipinski definition) is 1. The highest BCUT2D eigenvalue weighted by Gasteiger charge is 2.31. The average molecular weight is 319 g/mol. The van der Waals surface area contributed by atoms with Crippen molar-refractivity contribution in [3.63, 3.8) is 0 Å². The molecule has 0 amide bonds. The zero-order valence-corrected chi connectivity index (χ0v) is 14.3. The van der Waals surface area contributed by atoms with Crippen molar-refractivity contribution in [2.45, 2.75) is 58.0 Å². The van der Waals surface area contributed by atoms with E-state index in [1.54, 1.807) is 0 Å². The second kappa shape index (κ2) is 9.04. The van der Waals surface area contributed by atoms with Gasteiger partial charge in [0.2, 0.25) is 0 Å². The lowest BCUT2D eigenvalue weighted by molar-refractivity contribution is -0.164. The SMILES string of the molecule is COC(=O)C(C)CC(C1CCCCC1)N(O)Cc1ccccc1. The molecule has 1 fully saturated rings. The van der Waals surface area contributed by atoms with E-state index in [1.807, 2.05) is 37.3 Å². The molecule has 0 spiro atoms. The summed E-state index contributed by atoms with van der Waals surface area (Å²) in [5.74, 6) is 0.0563. The standard InChI is InChI=1S/C19H29NO3/c1-15(19(21)23-2)13-18(17-11-7-4-8-12-17)20(22)14-16-9-5-3-6-10-16/h3,5-6,9-10,15,17-18,22H,4,7-8,11-14H2,1-2H3. The first kappa shape index (κ1) is 18.0. The van der Waals surface area contributed by atoms with Crippen molar-refractivity contribution in [3.05, 3.63) is 35.9 Å². The molecule has 0 aliphatic heterocycles. The van der Waals surface area contributed by atoms with E-state index in [9.17, 15) is 10.0 Å². The maximum atomic E-state index is 11.8. The summed E-state index contributed by atoms with van der Waals surface area (Å²) in [5.41, 5.74) is 1.08. The van der Waals surface area contributed by atoms with E-state index in [-0.39, 0.29) is 17.9 Å². The smallest absolute Gasteiger partial charge is 0.308 e. The number of ether oxygens (including phenoxy) is 1. The number of hydroxylamine groups is 2. The van der Waals surface area contributed by atoms with Gasteiger partial charge in [-0.25, -0.2) is 0 Å². The van der Waals surface area contributed by atoms with Crippen LogP contribution in [0.4, 0.5) is 0 Å². The molecular weight excluding hydrogens is 290 g/mol. The molecule has 0 saturated heterocycles. The first-order valence-electron chi connectivity index (χ1n) is 8.69. The first-order valence-corrected chi connectivity index (χ1v) is 8.69. The van der Waals surface area contributed by atoms with Crippen molar-refractivity contribution in [2.75, 3.05) is 7.11 Å². The molecule has 1 aliphatic rings. The Hall–Kier alpha value is -1.39. The zero-order chi connectivity index (χ0) is 16.7. The number of methoxy groups -OCH3 is 1. The van der Waals surface area contributed by atoms with Gasteiger partial charge in [0.05, 0.1) is 13.0 Å². The van der Waals surface area contributed by atoms with Crippen LogP contribution in [0.15, 0.2) is 30.3 Å². The van der Waals surface area contributed by atoms with E-state index >= 15 is 0 Å². The maximum absolute atomic E-state index is 11.8. The van der Waals surface area contributed by atoms with Crippen molar-refractivity contribution >= 4 is 5.97 Å². The van der Waals surface area contributed by atoms with Crippen LogP contribution in [-0.2, 0) is 16.1 Å². The minimum absolute atomic E-state index is 0.00426. The van der Waals surface area contributed by atoms with Gasteiger partial charge in [-0.15, -0.1) is 0 Å². The summed E-state index contributed by atoms with van der Waals surface area (Å²) in [4.78, 5) is 11.8. The molecule has 1 aliphatic carbocycles. The molecule has 1 aromatic rings. The summed E-state index contributed by atoms with van der Waals surface area (Å²) in [6.07, 6.45) is 6.61. The van der Waals surface area contributed by atoms with Crippen LogP contribution in [0.2, 0.25) is 0 Å². The van der Waals surface area contributed by atoms with E-state index < -0.39 is 0 Å². The second-order valence-electron chi connectivity index (χ2n) is 6.71. The lowest BCUT2D eigenvalue weighted by atomic mass is 9.80. The predicted molar refractivity (Wildman–Crippen MR) is 89.9 cm³/mol. The molecule has 2 unspecified atom stereocenters. The molecule has 4 heteroatoms. The quantitative estimate of drug-likeness (QED) is 0.609. The van der Waals surface area contributed by atoms with Gasteiger partial charge in [0.15, 0.2) is 0 Å². The van der Waals surface area contributed by atoms with Crippen LogP contribution >= 0.6 is 0 Å². The summed E-state index contributed by atoms with van der Waals surface area (Å²) >= 11 is 0. The summed E-state index contributed by atoms with van der Waals surface area (Å²) < 4.78 is 4.86. The third-order valence-corrected chi connectivity index (χ3v) is 4.96. The van der Waals surface area contributed by atoms with E-state index in [2.05, 4.69) is 0 Å². The van der Waals surface area contributed by atoms with Crippen molar-refractivity contribution < 1.29 is 14.7 Å². The predicted octanol–water partition coefficient (Wildman–Crippen LogP) is 4.03. The Bertz CT molecular complexity index is 471. The molecule has 4 nitrogen and oxygen atoms in total. The highest BCUT2D eigenvalue weighted by atomic mass is 16.5.